The van der Waals surface area contributed by atoms with Gasteiger partial charge in [0.05, 0.1) is 19.8 Å². The topological polar surface area (TPSA) is 219 Å². The molecule has 0 aliphatic carbocycles. The van der Waals surface area contributed by atoms with Crippen molar-refractivity contribution in [1.29, 1.82) is 0 Å². The number of carbonyl (C=O) groups excluding carboxylic acids is 3. The highest BCUT2D eigenvalue weighted by Gasteiger charge is 2.25. The van der Waals surface area contributed by atoms with E-state index in [1.54, 1.807) is 0 Å². The Labute approximate surface area is 246 Å². The highest BCUT2D eigenvalue weighted by molar-refractivity contribution is 5.67. The number of rotatable bonds is 27. The number of carbonyl (C=O) groups is 3. The number of hydrogen-bond acceptors (Lipinski definition) is 10. The third kappa shape index (κ3) is 26.3. The van der Waals surface area contributed by atoms with E-state index in [0.29, 0.717) is 71.4 Å². The van der Waals surface area contributed by atoms with Gasteiger partial charge in [0.25, 0.3) is 0 Å². The summed E-state index contributed by atoms with van der Waals surface area (Å²) in [5.74, 6) is 0. The van der Waals surface area contributed by atoms with Crippen LogP contribution in [0, 0.1) is 0 Å². The SMILES string of the molecule is NCCCCCCNC(=O)OCCCC(N)(CCCOC(=O)NCCCCCCN)CCOC(=O)NCCCCN. The quantitative estimate of drug-likeness (QED) is 0.0548. The first-order valence-corrected chi connectivity index (χ1v) is 15.5. The highest BCUT2D eigenvalue weighted by atomic mass is 16.6. The number of ether oxygens (including phenoxy) is 3. The van der Waals surface area contributed by atoms with Crippen LogP contribution in [0.15, 0.2) is 0 Å². The van der Waals surface area contributed by atoms with Gasteiger partial charge >= 0.3 is 18.3 Å². The van der Waals surface area contributed by atoms with Gasteiger partial charge in [0.15, 0.2) is 0 Å². The minimum Gasteiger partial charge on any atom is -0.450 e. The van der Waals surface area contributed by atoms with E-state index in [1.807, 2.05) is 0 Å². The maximum atomic E-state index is 11.9. The molecular weight excluding hydrogens is 530 g/mol. The maximum absolute atomic E-state index is 11.9. The first-order valence-electron chi connectivity index (χ1n) is 15.5. The van der Waals surface area contributed by atoms with Gasteiger partial charge in [0.1, 0.15) is 0 Å². The van der Waals surface area contributed by atoms with E-state index in [4.69, 9.17) is 37.1 Å². The van der Waals surface area contributed by atoms with Crippen LogP contribution in [0.5, 0.6) is 0 Å². The average Bonchev–Trinajstić information content (AvgIpc) is 2.95. The van der Waals surface area contributed by atoms with Gasteiger partial charge < -0.3 is 53.1 Å². The lowest BCUT2D eigenvalue weighted by Crippen LogP contribution is -2.42. The molecule has 13 nitrogen and oxygen atoms in total. The fourth-order valence-electron chi connectivity index (χ4n) is 4.14. The summed E-state index contributed by atoms with van der Waals surface area (Å²) in [5.41, 5.74) is 22.4. The zero-order chi connectivity index (χ0) is 30.4. The van der Waals surface area contributed by atoms with Gasteiger partial charge in [-0.2, -0.15) is 0 Å². The van der Waals surface area contributed by atoms with Crippen LogP contribution in [0.2, 0.25) is 0 Å². The van der Waals surface area contributed by atoms with Crippen molar-refractivity contribution >= 4 is 18.3 Å². The molecule has 13 heteroatoms. The van der Waals surface area contributed by atoms with Crippen LogP contribution in [0.4, 0.5) is 14.4 Å². The van der Waals surface area contributed by atoms with Crippen LogP contribution in [-0.2, 0) is 14.2 Å². The lowest BCUT2D eigenvalue weighted by molar-refractivity contribution is 0.118. The van der Waals surface area contributed by atoms with E-state index >= 15 is 0 Å². The van der Waals surface area contributed by atoms with E-state index in [0.717, 1.165) is 64.2 Å². The maximum Gasteiger partial charge on any atom is 0.407 e. The molecule has 0 spiro atoms. The van der Waals surface area contributed by atoms with Crippen LogP contribution in [0.1, 0.15) is 96.3 Å². The van der Waals surface area contributed by atoms with E-state index in [2.05, 4.69) is 16.0 Å². The Morgan fingerprint density at radius 3 is 1.22 bits per heavy atom. The highest BCUT2D eigenvalue weighted by Crippen LogP contribution is 2.21. The number of hydrogen-bond donors (Lipinski definition) is 7. The molecule has 0 saturated heterocycles. The Kier molecular flexibility index (Phi) is 26.2. The Morgan fingerprint density at radius 1 is 0.463 bits per heavy atom. The molecule has 0 unspecified atom stereocenters. The van der Waals surface area contributed by atoms with Crippen molar-refractivity contribution in [3.05, 3.63) is 0 Å². The van der Waals surface area contributed by atoms with E-state index in [-0.39, 0.29) is 19.8 Å². The molecule has 0 atom stereocenters. The summed E-state index contributed by atoms with van der Waals surface area (Å²) in [6, 6.07) is 0. The number of alkyl carbamates (subject to hydrolysis) is 3. The van der Waals surface area contributed by atoms with E-state index in [9.17, 15) is 14.4 Å². The summed E-state index contributed by atoms with van der Waals surface area (Å²) in [6.07, 6.45) is 10.8. The fraction of sp³-hybridized carbons (Fsp3) is 0.893. The molecule has 0 aliphatic rings. The smallest absolute Gasteiger partial charge is 0.407 e. The van der Waals surface area contributed by atoms with Crippen LogP contribution in [0.3, 0.4) is 0 Å². The van der Waals surface area contributed by atoms with Crippen molar-refractivity contribution in [2.75, 3.05) is 59.1 Å². The van der Waals surface area contributed by atoms with Crippen molar-refractivity contribution < 1.29 is 28.6 Å². The molecule has 0 rings (SSSR count). The number of nitrogens with two attached hydrogens (primary N) is 4. The van der Waals surface area contributed by atoms with Gasteiger partial charge in [0, 0.05) is 25.2 Å². The van der Waals surface area contributed by atoms with E-state index < -0.39 is 23.8 Å². The molecule has 242 valence electrons. The summed E-state index contributed by atoms with van der Waals surface area (Å²) in [6.45, 7) is 4.19. The Bertz CT molecular complexity index is 621. The third-order valence-corrected chi connectivity index (χ3v) is 6.64. The largest absolute Gasteiger partial charge is 0.450 e. The van der Waals surface area contributed by atoms with Crippen LogP contribution >= 0.6 is 0 Å². The van der Waals surface area contributed by atoms with Gasteiger partial charge in [-0.25, -0.2) is 14.4 Å². The molecule has 0 fully saturated rings. The average molecular weight is 590 g/mol. The molecule has 3 amide bonds. The second-order valence-electron chi connectivity index (χ2n) is 10.4. The van der Waals surface area contributed by atoms with Crippen molar-refractivity contribution in [3.8, 4) is 0 Å². The summed E-state index contributed by atoms with van der Waals surface area (Å²) in [5, 5.41) is 8.20. The second kappa shape index (κ2) is 27.8. The predicted octanol–water partition coefficient (Wildman–Crippen LogP) is 2.59. The van der Waals surface area contributed by atoms with Crippen LogP contribution in [0.25, 0.3) is 0 Å². The van der Waals surface area contributed by atoms with Gasteiger partial charge in [-0.3, -0.25) is 0 Å². The molecule has 41 heavy (non-hydrogen) atoms. The van der Waals surface area contributed by atoms with E-state index in [1.165, 1.54) is 0 Å². The lowest BCUT2D eigenvalue weighted by atomic mass is 9.86. The standard InChI is InChI=1S/C28H59N7O6/c29-16-5-1-3-8-19-33-25(36)39-22-11-13-28(32,15-24-41-27(38)35-21-10-7-18-31)14-12-23-40-26(37)34-20-9-4-2-6-17-30/h1-24,29-32H2,(H,33,36)(H,34,37)(H,35,38). The number of amides is 3. The van der Waals surface area contributed by atoms with Gasteiger partial charge in [-0.15, -0.1) is 0 Å². The van der Waals surface area contributed by atoms with Crippen LogP contribution < -0.4 is 38.9 Å². The molecule has 0 aromatic rings. The van der Waals surface area contributed by atoms with Crippen molar-refractivity contribution in [1.82, 2.24) is 16.0 Å². The van der Waals surface area contributed by atoms with Gasteiger partial charge in [0.2, 0.25) is 0 Å². The zero-order valence-electron chi connectivity index (χ0n) is 25.2. The Morgan fingerprint density at radius 2 is 0.805 bits per heavy atom. The lowest BCUT2D eigenvalue weighted by Gasteiger charge is -2.29. The summed E-state index contributed by atoms with van der Waals surface area (Å²) >= 11 is 0. The van der Waals surface area contributed by atoms with Gasteiger partial charge in [-0.1, -0.05) is 25.7 Å². The van der Waals surface area contributed by atoms with Crippen molar-refractivity contribution in [3.63, 3.8) is 0 Å². The van der Waals surface area contributed by atoms with Crippen LogP contribution in [-0.4, -0.2) is 82.9 Å². The molecule has 0 radical (unpaired) electrons. The summed E-state index contributed by atoms with van der Waals surface area (Å²) in [4.78, 5) is 35.8. The normalized spacial score (nSPS) is 11.1. The molecular formula is C28H59N7O6. The molecule has 0 aromatic carbocycles. The molecule has 0 saturated carbocycles. The minimum atomic E-state index is -0.675. The van der Waals surface area contributed by atoms with Crippen molar-refractivity contribution in [2.45, 2.75) is 102 Å². The molecule has 0 heterocycles. The second-order valence-corrected chi connectivity index (χ2v) is 10.4. The van der Waals surface area contributed by atoms with Gasteiger partial charge in [-0.05, 0) is 90.3 Å². The zero-order valence-corrected chi connectivity index (χ0v) is 25.2. The molecule has 0 aliphatic heterocycles. The number of unbranched alkanes of at least 4 members (excludes halogenated alkanes) is 7. The monoisotopic (exact) mass is 589 g/mol. The minimum absolute atomic E-state index is 0.149. The molecule has 0 bridgehead atoms. The van der Waals surface area contributed by atoms with Crippen molar-refractivity contribution in [2.24, 2.45) is 22.9 Å². The molecule has 0 aromatic heterocycles. The first-order chi connectivity index (χ1) is 19.9. The Hall–Kier alpha value is -2.35. The fourth-order valence-corrected chi connectivity index (χ4v) is 4.14. The predicted molar refractivity (Wildman–Crippen MR) is 161 cm³/mol. The molecule has 11 N–H and O–H groups in total. The third-order valence-electron chi connectivity index (χ3n) is 6.64. The Balaban J connectivity index is 4.42. The number of nitrogens with one attached hydrogen (secondary N) is 3. The summed E-state index contributed by atoms with van der Waals surface area (Å²) < 4.78 is 15.9. The summed E-state index contributed by atoms with van der Waals surface area (Å²) in [7, 11) is 0. The first kappa shape index (κ1) is 38.6.